The van der Waals surface area contributed by atoms with Crippen molar-refractivity contribution in [3.8, 4) is 23.9 Å². The molecule has 0 fully saturated rings. The predicted molar refractivity (Wildman–Crippen MR) is 260 cm³/mol. The molecule has 10 nitrogen and oxygen atoms in total. The summed E-state index contributed by atoms with van der Waals surface area (Å²) in [6.45, 7) is 9.90. The van der Waals surface area contributed by atoms with Crippen LogP contribution in [0.15, 0.2) is 46.4 Å². The lowest BCUT2D eigenvalue weighted by molar-refractivity contribution is -0.115. The second kappa shape index (κ2) is 25.9. The fourth-order valence-electron chi connectivity index (χ4n) is 9.70. The Balaban J connectivity index is 1.50. The second-order valence-corrected chi connectivity index (χ2v) is 18.4. The van der Waals surface area contributed by atoms with Crippen LogP contribution in [0.1, 0.15) is 204 Å². The van der Waals surface area contributed by atoms with E-state index in [0.29, 0.717) is 46.0 Å². The van der Waals surface area contributed by atoms with Crippen LogP contribution in [-0.4, -0.2) is 42.6 Å². The van der Waals surface area contributed by atoms with Gasteiger partial charge in [0, 0.05) is 23.9 Å². The average molecular weight is 871 g/mol. The number of benzene rings is 2. The summed E-state index contributed by atoms with van der Waals surface area (Å²) >= 11 is 0. The second-order valence-electron chi connectivity index (χ2n) is 18.4. The van der Waals surface area contributed by atoms with Crippen molar-refractivity contribution in [3.05, 3.63) is 58.7 Å². The van der Waals surface area contributed by atoms with Crippen LogP contribution >= 0.6 is 0 Å². The molecule has 0 saturated heterocycles. The molecule has 4 aromatic rings. The van der Waals surface area contributed by atoms with E-state index in [1.54, 1.807) is 36.4 Å². The van der Waals surface area contributed by atoms with E-state index in [-0.39, 0.29) is 46.1 Å². The Labute approximate surface area is 382 Å². The third-order valence-electron chi connectivity index (χ3n) is 13.4. The molecule has 2 aromatic heterocycles. The van der Waals surface area contributed by atoms with Gasteiger partial charge in [0.2, 0.25) is 11.8 Å². The number of nitrogens with zero attached hydrogens (tertiary/aromatic N) is 6. The standard InChI is InChI=1S/C54H74N6O4/c1-5-9-13-17-19-23-27-39(25-21-15-11-7-3)37-59-45-31-29-41(35-55)33-43(45)47(53(59)63)49-51(61)58-50(52(62)57-49)48-44-34-42(36-56)30-32-46(44)60(54(48)64)38-40(26-22-16-12-8-4)28-24-20-18-14-10-6-2/h29-34,39-40,63-64H,5-28,37-38H2,1-4H3. The van der Waals surface area contributed by atoms with Gasteiger partial charge < -0.3 is 19.3 Å². The fourth-order valence-corrected chi connectivity index (χ4v) is 9.70. The first kappa shape index (κ1) is 49.8. The largest absolute Gasteiger partial charge is 0.494 e. The third kappa shape index (κ3) is 13.0. The summed E-state index contributed by atoms with van der Waals surface area (Å²) in [4.78, 5) is 37.3. The first-order valence-corrected chi connectivity index (χ1v) is 25.0. The molecule has 5 rings (SSSR count). The fraction of sp³-hybridized carbons (Fsp3) is 0.593. The van der Waals surface area contributed by atoms with Crippen molar-refractivity contribution >= 4 is 45.0 Å². The molecule has 1 aliphatic rings. The zero-order valence-corrected chi connectivity index (χ0v) is 39.4. The van der Waals surface area contributed by atoms with Gasteiger partial charge in [0.15, 0.2) is 0 Å². The number of rotatable bonds is 30. The van der Waals surface area contributed by atoms with E-state index < -0.39 is 11.8 Å². The Morgan fingerprint density at radius 3 is 1.14 bits per heavy atom. The molecule has 344 valence electrons. The maximum absolute atomic E-state index is 14.3. The summed E-state index contributed by atoms with van der Waals surface area (Å²) in [7, 11) is 0. The highest BCUT2D eigenvalue weighted by Crippen LogP contribution is 2.39. The van der Waals surface area contributed by atoms with Gasteiger partial charge in [-0.2, -0.15) is 10.5 Å². The van der Waals surface area contributed by atoms with Crippen LogP contribution in [0.4, 0.5) is 0 Å². The van der Waals surface area contributed by atoms with Crippen LogP contribution in [0.2, 0.25) is 0 Å². The highest BCUT2D eigenvalue weighted by atomic mass is 16.3. The topological polar surface area (TPSA) is 157 Å². The van der Waals surface area contributed by atoms with Crippen molar-refractivity contribution in [2.45, 2.75) is 195 Å². The first-order valence-electron chi connectivity index (χ1n) is 25.0. The van der Waals surface area contributed by atoms with E-state index in [1.807, 2.05) is 9.13 Å². The zero-order valence-electron chi connectivity index (χ0n) is 39.4. The van der Waals surface area contributed by atoms with Crippen molar-refractivity contribution < 1.29 is 19.8 Å². The van der Waals surface area contributed by atoms with Crippen LogP contribution in [0.25, 0.3) is 21.8 Å². The molecule has 3 heterocycles. The first-order chi connectivity index (χ1) is 31.2. The molecule has 2 unspecified atom stereocenters. The molecular formula is C54H74N6O4. The Kier molecular flexibility index (Phi) is 20.2. The van der Waals surface area contributed by atoms with Gasteiger partial charge in [-0.05, 0) is 73.9 Å². The number of hydrogen-bond donors (Lipinski definition) is 2. The molecule has 0 spiro atoms. The van der Waals surface area contributed by atoms with Gasteiger partial charge in [0.05, 0.1) is 45.4 Å². The highest BCUT2D eigenvalue weighted by molar-refractivity contribution is 6.62. The summed E-state index contributed by atoms with van der Waals surface area (Å²) in [6.07, 6.45) is 27.5. The smallest absolute Gasteiger partial charge is 0.297 e. The van der Waals surface area contributed by atoms with Crippen LogP contribution in [0.5, 0.6) is 11.8 Å². The lowest BCUT2D eigenvalue weighted by atomic mass is 9.94. The Morgan fingerprint density at radius 2 is 0.812 bits per heavy atom. The summed E-state index contributed by atoms with van der Waals surface area (Å²) in [5.74, 6) is -1.46. The molecule has 0 radical (unpaired) electrons. The van der Waals surface area contributed by atoms with E-state index in [1.165, 1.54) is 77.0 Å². The average Bonchev–Trinajstić information content (AvgIpc) is 3.73. The number of nitriles is 2. The number of aromatic hydroxyl groups is 2. The van der Waals surface area contributed by atoms with E-state index in [2.05, 4.69) is 49.8 Å². The summed E-state index contributed by atoms with van der Waals surface area (Å²) < 4.78 is 3.64. The van der Waals surface area contributed by atoms with E-state index >= 15 is 0 Å². The van der Waals surface area contributed by atoms with Crippen molar-refractivity contribution in [1.82, 2.24) is 9.13 Å². The van der Waals surface area contributed by atoms with Gasteiger partial charge in [-0.1, -0.05) is 156 Å². The summed E-state index contributed by atoms with van der Waals surface area (Å²) in [5.41, 5.74) is 1.56. The molecule has 2 aromatic carbocycles. The lowest BCUT2D eigenvalue weighted by Gasteiger charge is -2.19. The predicted octanol–water partition coefficient (Wildman–Crippen LogP) is 13.8. The lowest BCUT2D eigenvalue weighted by Crippen LogP contribution is -2.28. The Morgan fingerprint density at radius 1 is 0.500 bits per heavy atom. The molecule has 2 amide bonds. The Bertz CT molecular complexity index is 2150. The van der Waals surface area contributed by atoms with Crippen molar-refractivity contribution in [1.29, 1.82) is 10.5 Å². The van der Waals surface area contributed by atoms with Crippen LogP contribution < -0.4 is 0 Å². The minimum Gasteiger partial charge on any atom is -0.494 e. The van der Waals surface area contributed by atoms with E-state index in [4.69, 9.17) is 0 Å². The van der Waals surface area contributed by atoms with Gasteiger partial charge in [0.25, 0.3) is 11.8 Å². The van der Waals surface area contributed by atoms with Gasteiger partial charge in [-0.3, -0.25) is 9.59 Å². The monoisotopic (exact) mass is 871 g/mol. The number of carbonyl (C=O) groups excluding carboxylic acids is 2. The van der Waals surface area contributed by atoms with Gasteiger partial charge in [-0.15, -0.1) is 0 Å². The van der Waals surface area contributed by atoms with Crippen molar-refractivity contribution in [2.75, 3.05) is 0 Å². The van der Waals surface area contributed by atoms with E-state index in [9.17, 15) is 30.3 Å². The zero-order chi connectivity index (χ0) is 45.8. The van der Waals surface area contributed by atoms with Crippen molar-refractivity contribution in [2.24, 2.45) is 21.8 Å². The molecular weight excluding hydrogens is 797 g/mol. The van der Waals surface area contributed by atoms with Gasteiger partial charge in [0.1, 0.15) is 11.4 Å². The maximum atomic E-state index is 14.3. The minimum atomic E-state index is -0.830. The molecule has 64 heavy (non-hydrogen) atoms. The minimum absolute atomic E-state index is 0.0802. The number of hydrogen-bond acceptors (Lipinski definition) is 6. The number of unbranched alkanes of at least 4 members (excludes halogenated alkanes) is 16. The van der Waals surface area contributed by atoms with E-state index in [0.717, 1.165) is 77.0 Å². The summed E-state index contributed by atoms with van der Waals surface area (Å²) in [5, 5.41) is 44.9. The molecule has 1 aliphatic heterocycles. The maximum Gasteiger partial charge on any atom is 0.297 e. The van der Waals surface area contributed by atoms with Crippen molar-refractivity contribution in [3.63, 3.8) is 0 Å². The number of carbonyl (C=O) groups is 2. The third-order valence-corrected chi connectivity index (χ3v) is 13.4. The SMILES string of the molecule is CCCCCCCCC(CCCCCC)Cn1c(O)c(C2=NC(=O)C(c3c(O)n(CC(CCCCCC)CCCCCCCC)c4ccc(C#N)cc34)=NC2=O)c2cc(C#N)ccc21. The quantitative estimate of drug-likeness (QED) is 0.0497. The molecule has 0 aliphatic carbocycles. The van der Waals surface area contributed by atoms with Gasteiger partial charge in [-0.25, -0.2) is 9.98 Å². The molecule has 2 atom stereocenters. The van der Waals surface area contributed by atoms with Crippen LogP contribution in [-0.2, 0) is 22.7 Å². The van der Waals surface area contributed by atoms with Crippen LogP contribution in [0, 0.1) is 34.5 Å². The number of aromatic nitrogens is 2. The molecule has 10 heteroatoms. The molecule has 0 saturated carbocycles. The van der Waals surface area contributed by atoms with Crippen LogP contribution in [0.3, 0.4) is 0 Å². The Hall–Kier alpha value is -5.22. The number of amides is 2. The van der Waals surface area contributed by atoms with Gasteiger partial charge >= 0.3 is 0 Å². The molecule has 0 bridgehead atoms. The number of aliphatic imine (C=N–C) groups is 2. The highest BCUT2D eigenvalue weighted by Gasteiger charge is 2.35. The summed E-state index contributed by atoms with van der Waals surface area (Å²) in [6, 6.07) is 14.6. The number of fused-ring (bicyclic) bond motifs is 2. The molecule has 2 N–H and O–H groups in total. The normalized spacial score (nSPS) is 13.9.